The molecule has 0 aliphatic rings. The summed E-state index contributed by atoms with van der Waals surface area (Å²) in [6, 6.07) is 9.10. The molecule has 2 heterocycles. The summed E-state index contributed by atoms with van der Waals surface area (Å²) in [5.41, 5.74) is 10.5. The van der Waals surface area contributed by atoms with Gasteiger partial charge < -0.3 is 20.8 Å². The van der Waals surface area contributed by atoms with Gasteiger partial charge in [0.15, 0.2) is 0 Å². The Morgan fingerprint density at radius 1 is 1.25 bits per heavy atom. The first-order chi connectivity index (χ1) is 13.2. The van der Waals surface area contributed by atoms with Crippen LogP contribution in [0.1, 0.15) is 32.9 Å². The van der Waals surface area contributed by atoms with Gasteiger partial charge in [-0.25, -0.2) is 4.98 Å². The predicted octanol–water partition coefficient (Wildman–Crippen LogP) is 4.25. The number of hydrogen-bond donors (Lipinski definition) is 3. The fraction of sp³-hybridized carbons (Fsp3) is 0.364. The number of fused-ring (bicyclic) bond motifs is 1. The lowest BCUT2D eigenvalue weighted by Crippen LogP contribution is -2.38. The molecule has 0 bridgehead atoms. The van der Waals surface area contributed by atoms with Crippen molar-refractivity contribution in [3.63, 3.8) is 0 Å². The van der Waals surface area contributed by atoms with Crippen LogP contribution < -0.4 is 15.8 Å². The minimum Gasteiger partial charge on any atom is -0.496 e. The molecule has 0 aliphatic carbocycles. The summed E-state index contributed by atoms with van der Waals surface area (Å²) in [5.74, 6) is 0.478. The van der Waals surface area contributed by atoms with E-state index in [-0.39, 0.29) is 11.3 Å². The highest BCUT2D eigenvalue weighted by molar-refractivity contribution is 5.97. The molecular weight excluding hydrogens is 352 g/mol. The molecule has 0 saturated heterocycles. The minimum absolute atomic E-state index is 0.0142. The van der Waals surface area contributed by atoms with E-state index in [4.69, 9.17) is 10.5 Å². The largest absolute Gasteiger partial charge is 0.496 e. The number of nitrogens with one attached hydrogen (secondary N) is 2. The number of nitrogens with two attached hydrogens (primary N) is 1. The molecule has 0 fully saturated rings. The Kier molecular flexibility index (Phi) is 5.42. The number of aromatic nitrogens is 2. The summed E-state index contributed by atoms with van der Waals surface area (Å²) in [5, 5.41) is 3.93. The van der Waals surface area contributed by atoms with Crippen molar-refractivity contribution in [1.29, 1.82) is 0 Å². The summed E-state index contributed by atoms with van der Waals surface area (Å²) in [6.45, 7) is 8.20. The molecule has 0 unspecified atom stereocenters. The zero-order valence-electron chi connectivity index (χ0n) is 17.1. The summed E-state index contributed by atoms with van der Waals surface area (Å²) in [7, 11) is 1.62. The quantitative estimate of drug-likeness (QED) is 0.617. The van der Waals surface area contributed by atoms with E-state index in [1.807, 2.05) is 31.2 Å². The number of carbonyl (C=O) groups excluding carboxylic acids is 1. The molecule has 1 aromatic carbocycles. The molecule has 0 aliphatic heterocycles. The molecule has 0 saturated carbocycles. The number of pyridine rings is 1. The number of rotatable bonds is 5. The number of carbonyl (C=O) groups is 1. The number of ether oxygens (including phenoxy) is 1. The second-order valence-electron chi connectivity index (χ2n) is 8.35. The Labute approximate surface area is 165 Å². The number of anilines is 1. The predicted molar refractivity (Wildman–Crippen MR) is 113 cm³/mol. The van der Waals surface area contributed by atoms with Crippen LogP contribution >= 0.6 is 0 Å². The molecule has 0 spiro atoms. The van der Waals surface area contributed by atoms with Gasteiger partial charge >= 0.3 is 0 Å². The average molecular weight is 380 g/mol. The third-order valence-electron chi connectivity index (χ3n) is 4.59. The minimum atomic E-state index is -0.562. The van der Waals surface area contributed by atoms with Crippen LogP contribution in [0.5, 0.6) is 5.75 Å². The summed E-state index contributed by atoms with van der Waals surface area (Å²) >= 11 is 0. The fourth-order valence-corrected chi connectivity index (χ4v) is 3.37. The number of nitrogens with zero attached hydrogens (tertiary/aromatic N) is 1. The molecule has 2 aromatic heterocycles. The van der Waals surface area contributed by atoms with E-state index < -0.39 is 6.04 Å². The monoisotopic (exact) mass is 380 g/mol. The number of methoxy groups -OCH3 is 1. The highest BCUT2D eigenvalue weighted by Crippen LogP contribution is 2.36. The third-order valence-corrected chi connectivity index (χ3v) is 4.59. The molecule has 6 nitrogen and oxygen atoms in total. The Morgan fingerprint density at radius 3 is 2.68 bits per heavy atom. The van der Waals surface area contributed by atoms with Gasteiger partial charge in [0.2, 0.25) is 5.91 Å². The van der Waals surface area contributed by atoms with E-state index in [2.05, 4.69) is 42.1 Å². The first-order valence-electron chi connectivity index (χ1n) is 9.37. The van der Waals surface area contributed by atoms with E-state index in [1.54, 1.807) is 13.3 Å². The van der Waals surface area contributed by atoms with Crippen molar-refractivity contribution in [2.75, 3.05) is 12.4 Å². The van der Waals surface area contributed by atoms with Crippen LogP contribution in [0.15, 0.2) is 36.5 Å². The summed E-state index contributed by atoms with van der Waals surface area (Å²) in [6.07, 6.45) is 2.38. The second-order valence-corrected chi connectivity index (χ2v) is 8.35. The molecule has 3 aromatic rings. The van der Waals surface area contributed by atoms with Crippen molar-refractivity contribution in [3.8, 4) is 16.9 Å². The average Bonchev–Trinajstić information content (AvgIpc) is 3.00. The normalized spacial score (nSPS) is 12.8. The fourth-order valence-electron chi connectivity index (χ4n) is 3.37. The van der Waals surface area contributed by atoms with Gasteiger partial charge in [0.1, 0.15) is 11.4 Å². The lowest BCUT2D eigenvalue weighted by molar-refractivity contribution is -0.118. The Hall–Kier alpha value is -2.86. The van der Waals surface area contributed by atoms with Crippen molar-refractivity contribution in [2.24, 2.45) is 11.1 Å². The highest BCUT2D eigenvalue weighted by Gasteiger charge is 2.22. The van der Waals surface area contributed by atoms with Crippen LogP contribution in [0, 0.1) is 12.3 Å². The molecule has 148 valence electrons. The Balaban J connectivity index is 1.89. The standard InChI is InChI=1S/C22H28N4O2/c1-13-10-17-15(8-9-24-20(17)25-13)16-7-6-14(11-19(16)28-5)26-21(27)18(23)12-22(2,3)4/h6-11,18H,12,23H2,1-5H3,(H,24,25)(H,26,27)/t18-/m1/s1. The molecule has 0 radical (unpaired) electrons. The smallest absolute Gasteiger partial charge is 0.241 e. The van der Waals surface area contributed by atoms with Crippen molar-refractivity contribution in [2.45, 2.75) is 40.2 Å². The number of benzene rings is 1. The molecule has 3 rings (SSSR count). The van der Waals surface area contributed by atoms with E-state index >= 15 is 0 Å². The molecule has 1 atom stereocenters. The van der Waals surface area contributed by atoms with Gasteiger partial charge in [-0.3, -0.25) is 4.79 Å². The highest BCUT2D eigenvalue weighted by atomic mass is 16.5. The maximum atomic E-state index is 12.4. The van der Waals surface area contributed by atoms with Gasteiger partial charge in [0.05, 0.1) is 13.2 Å². The van der Waals surface area contributed by atoms with E-state index in [0.717, 1.165) is 27.9 Å². The van der Waals surface area contributed by atoms with Gasteiger partial charge in [0, 0.05) is 34.6 Å². The zero-order valence-corrected chi connectivity index (χ0v) is 17.1. The maximum Gasteiger partial charge on any atom is 0.241 e. The van der Waals surface area contributed by atoms with E-state index in [9.17, 15) is 4.79 Å². The molecule has 6 heteroatoms. The van der Waals surface area contributed by atoms with Crippen LogP contribution in [0.25, 0.3) is 22.2 Å². The molecular formula is C22H28N4O2. The van der Waals surface area contributed by atoms with Crippen molar-refractivity contribution >= 4 is 22.6 Å². The van der Waals surface area contributed by atoms with E-state index in [1.165, 1.54) is 0 Å². The lowest BCUT2D eigenvalue weighted by atomic mass is 9.88. The van der Waals surface area contributed by atoms with Gasteiger partial charge in [-0.05, 0) is 48.6 Å². The SMILES string of the molecule is COc1cc(NC(=O)[C@H](N)CC(C)(C)C)ccc1-c1ccnc2[nH]c(C)cc12. The Bertz CT molecular complexity index is 1000. The van der Waals surface area contributed by atoms with Gasteiger partial charge in [-0.2, -0.15) is 0 Å². The number of H-pyrrole nitrogens is 1. The van der Waals surface area contributed by atoms with Gasteiger partial charge in [-0.1, -0.05) is 20.8 Å². The summed E-state index contributed by atoms with van der Waals surface area (Å²) < 4.78 is 5.61. The third kappa shape index (κ3) is 4.34. The number of aryl methyl sites for hydroxylation is 1. The lowest BCUT2D eigenvalue weighted by Gasteiger charge is -2.22. The topological polar surface area (TPSA) is 93.0 Å². The van der Waals surface area contributed by atoms with Crippen LogP contribution in [0.2, 0.25) is 0 Å². The van der Waals surface area contributed by atoms with Crippen LogP contribution in [0.3, 0.4) is 0 Å². The van der Waals surface area contributed by atoms with Gasteiger partial charge in [-0.15, -0.1) is 0 Å². The van der Waals surface area contributed by atoms with Crippen LogP contribution in [0.4, 0.5) is 5.69 Å². The molecule has 4 N–H and O–H groups in total. The first-order valence-corrected chi connectivity index (χ1v) is 9.37. The number of hydrogen-bond acceptors (Lipinski definition) is 4. The summed E-state index contributed by atoms with van der Waals surface area (Å²) in [4.78, 5) is 20.1. The van der Waals surface area contributed by atoms with E-state index in [0.29, 0.717) is 17.9 Å². The van der Waals surface area contributed by atoms with Crippen LogP contribution in [-0.2, 0) is 4.79 Å². The molecule has 1 amide bonds. The van der Waals surface area contributed by atoms with Crippen molar-refractivity contribution < 1.29 is 9.53 Å². The van der Waals surface area contributed by atoms with Crippen LogP contribution in [-0.4, -0.2) is 29.0 Å². The maximum absolute atomic E-state index is 12.4. The first kappa shape index (κ1) is 19.9. The van der Waals surface area contributed by atoms with Crippen molar-refractivity contribution in [3.05, 3.63) is 42.2 Å². The van der Waals surface area contributed by atoms with Crippen molar-refractivity contribution in [1.82, 2.24) is 9.97 Å². The second kappa shape index (κ2) is 7.64. The zero-order chi connectivity index (χ0) is 20.5. The Morgan fingerprint density at radius 2 is 2.00 bits per heavy atom. The number of aromatic amines is 1. The molecule has 28 heavy (non-hydrogen) atoms. The number of amides is 1. The van der Waals surface area contributed by atoms with Gasteiger partial charge in [0.25, 0.3) is 0 Å².